The average Bonchev–Trinajstić information content (AvgIpc) is 2.83. The quantitative estimate of drug-likeness (QED) is 0.333. The Labute approximate surface area is 215 Å². The molecule has 2 aromatic rings. The summed E-state index contributed by atoms with van der Waals surface area (Å²) in [6, 6.07) is 13.2. The molecule has 1 saturated carbocycles. The highest BCUT2D eigenvalue weighted by Gasteiger charge is 2.27. The van der Waals surface area contributed by atoms with Gasteiger partial charge in [-0.05, 0) is 49.9 Å². The van der Waals surface area contributed by atoms with Crippen LogP contribution in [-0.4, -0.2) is 35.8 Å². The van der Waals surface area contributed by atoms with Crippen molar-refractivity contribution in [3.8, 4) is 5.75 Å². The molecule has 1 aliphatic rings. The van der Waals surface area contributed by atoms with Crippen LogP contribution in [0.1, 0.15) is 65.4 Å². The van der Waals surface area contributed by atoms with Crippen LogP contribution in [-0.2, 0) is 4.79 Å². The van der Waals surface area contributed by atoms with Gasteiger partial charge >= 0.3 is 12.0 Å². The third kappa shape index (κ3) is 7.64. The molecule has 0 saturated heterocycles. The Balaban J connectivity index is 1.94. The van der Waals surface area contributed by atoms with E-state index < -0.39 is 12.1 Å². The van der Waals surface area contributed by atoms with Gasteiger partial charge in [0.1, 0.15) is 5.75 Å². The number of amides is 2. The molecule has 196 valence electrons. The summed E-state index contributed by atoms with van der Waals surface area (Å²) in [6.07, 6.45) is 4.92. The van der Waals surface area contributed by atoms with Crippen molar-refractivity contribution in [2.24, 2.45) is 11.8 Å². The molecule has 3 N–H and O–H groups in total. The van der Waals surface area contributed by atoms with Crippen molar-refractivity contribution in [3.63, 3.8) is 0 Å². The molecule has 1 aliphatic carbocycles. The van der Waals surface area contributed by atoms with E-state index in [1.54, 1.807) is 6.07 Å². The van der Waals surface area contributed by atoms with Crippen molar-refractivity contribution in [2.45, 2.75) is 78.9 Å². The summed E-state index contributed by atoms with van der Waals surface area (Å²) in [7, 11) is 0. The summed E-state index contributed by atoms with van der Waals surface area (Å²) in [4.78, 5) is 27.1. The number of aliphatic carboxylic acids is 1. The van der Waals surface area contributed by atoms with Gasteiger partial charge in [0.15, 0.2) is 6.10 Å². The number of benzene rings is 2. The summed E-state index contributed by atoms with van der Waals surface area (Å²) in [5.74, 6) is -0.361. The van der Waals surface area contributed by atoms with Gasteiger partial charge in [-0.1, -0.05) is 64.7 Å². The van der Waals surface area contributed by atoms with Crippen LogP contribution in [0.25, 0.3) is 0 Å². The molecule has 0 aliphatic heterocycles. The Morgan fingerprint density at radius 3 is 2.25 bits per heavy atom. The van der Waals surface area contributed by atoms with Crippen LogP contribution in [0.15, 0.2) is 42.5 Å². The van der Waals surface area contributed by atoms with Gasteiger partial charge in [0.05, 0.1) is 11.4 Å². The summed E-state index contributed by atoms with van der Waals surface area (Å²) < 4.78 is 5.86. The van der Waals surface area contributed by atoms with Crippen molar-refractivity contribution in [2.75, 3.05) is 22.1 Å². The zero-order valence-corrected chi connectivity index (χ0v) is 22.2. The number of aryl methyl sites for hydroxylation is 1. The van der Waals surface area contributed by atoms with Gasteiger partial charge in [-0.2, -0.15) is 0 Å². The number of ether oxygens (including phenoxy) is 1. The second kappa shape index (κ2) is 12.7. The Hall–Kier alpha value is -3.22. The minimum Gasteiger partial charge on any atom is -0.478 e. The number of carbonyl (C=O) groups excluding carboxylic acids is 1. The summed E-state index contributed by atoms with van der Waals surface area (Å²) in [5, 5.41) is 15.5. The minimum absolute atomic E-state index is 0.205. The monoisotopic (exact) mass is 495 g/mol. The van der Waals surface area contributed by atoms with E-state index in [4.69, 9.17) is 4.74 Å². The second-order valence-corrected chi connectivity index (χ2v) is 10.6. The predicted molar refractivity (Wildman–Crippen MR) is 146 cm³/mol. The fraction of sp³-hybridized carbons (Fsp3) is 0.517. The molecule has 1 atom stereocenters. The fourth-order valence-corrected chi connectivity index (χ4v) is 4.71. The molecule has 36 heavy (non-hydrogen) atoms. The zero-order chi connectivity index (χ0) is 26.2. The molecule has 0 spiro atoms. The van der Waals surface area contributed by atoms with E-state index in [9.17, 15) is 14.7 Å². The number of carboxylic acid groups (broad SMARTS) is 1. The molecule has 1 fully saturated rings. The molecule has 1 unspecified atom stereocenters. The van der Waals surface area contributed by atoms with Gasteiger partial charge < -0.3 is 25.4 Å². The van der Waals surface area contributed by atoms with E-state index in [-0.39, 0.29) is 11.9 Å². The second-order valence-electron chi connectivity index (χ2n) is 10.6. The first-order chi connectivity index (χ1) is 17.1. The predicted octanol–water partition coefficient (Wildman–Crippen LogP) is 6.92. The number of nitrogens with one attached hydrogen (secondary N) is 2. The van der Waals surface area contributed by atoms with Gasteiger partial charge in [0, 0.05) is 30.3 Å². The number of hydrogen-bond donors (Lipinski definition) is 3. The first-order valence-electron chi connectivity index (χ1n) is 13.1. The third-order valence-corrected chi connectivity index (χ3v) is 6.52. The number of anilines is 3. The minimum atomic E-state index is -1.01. The molecule has 7 heteroatoms. The maximum atomic E-state index is 13.0. The van der Waals surface area contributed by atoms with E-state index in [1.807, 2.05) is 57.2 Å². The zero-order valence-electron chi connectivity index (χ0n) is 22.2. The largest absolute Gasteiger partial charge is 0.478 e. The first kappa shape index (κ1) is 27.4. The molecule has 0 bridgehead atoms. The van der Waals surface area contributed by atoms with Crippen LogP contribution in [0.2, 0.25) is 0 Å². The van der Waals surface area contributed by atoms with E-state index in [0.717, 1.165) is 30.6 Å². The van der Waals surface area contributed by atoms with Crippen LogP contribution in [0.3, 0.4) is 0 Å². The van der Waals surface area contributed by atoms with Crippen molar-refractivity contribution >= 4 is 29.1 Å². The van der Waals surface area contributed by atoms with Gasteiger partial charge in [-0.3, -0.25) is 0 Å². The van der Waals surface area contributed by atoms with Gasteiger partial charge in [0.25, 0.3) is 0 Å². The highest BCUT2D eigenvalue weighted by atomic mass is 16.5. The van der Waals surface area contributed by atoms with Gasteiger partial charge in [-0.15, -0.1) is 0 Å². The van der Waals surface area contributed by atoms with Gasteiger partial charge in [-0.25, -0.2) is 9.59 Å². The van der Waals surface area contributed by atoms with Crippen molar-refractivity contribution in [3.05, 3.63) is 48.0 Å². The van der Waals surface area contributed by atoms with E-state index >= 15 is 0 Å². The lowest BCUT2D eigenvalue weighted by atomic mass is 9.93. The van der Waals surface area contributed by atoms with Gasteiger partial charge in [0.2, 0.25) is 0 Å². The third-order valence-electron chi connectivity index (χ3n) is 6.52. The molecule has 2 aromatic carbocycles. The fourth-order valence-electron chi connectivity index (χ4n) is 4.71. The van der Waals surface area contributed by atoms with Crippen LogP contribution in [0, 0.1) is 18.8 Å². The molecule has 0 heterocycles. The number of carboxylic acids is 1. The maximum Gasteiger partial charge on any atom is 0.345 e. The van der Waals surface area contributed by atoms with Crippen molar-refractivity contribution < 1.29 is 19.4 Å². The van der Waals surface area contributed by atoms with E-state index in [1.165, 1.54) is 19.3 Å². The van der Waals surface area contributed by atoms with Crippen LogP contribution in [0.4, 0.5) is 21.9 Å². The van der Waals surface area contributed by atoms with Crippen molar-refractivity contribution in [1.82, 2.24) is 0 Å². The van der Waals surface area contributed by atoms with Crippen molar-refractivity contribution in [1.29, 1.82) is 0 Å². The Bertz CT molecular complexity index is 1010. The topological polar surface area (TPSA) is 90.9 Å². The summed E-state index contributed by atoms with van der Waals surface area (Å²) in [6.45, 7) is 10.9. The lowest BCUT2D eigenvalue weighted by molar-refractivity contribution is -0.147. The molecule has 0 aromatic heterocycles. The molecule has 0 radical (unpaired) electrons. The summed E-state index contributed by atoms with van der Waals surface area (Å²) >= 11 is 0. The average molecular weight is 496 g/mol. The molecule has 7 nitrogen and oxygen atoms in total. The van der Waals surface area contributed by atoms with E-state index in [0.29, 0.717) is 29.1 Å². The standard InChI is InChI=1S/C29H41N3O4/c1-19(2)18-32(23-9-7-6-8-10-23)26-16-15-24(36-27(20(3)4)28(33)34)17-25(26)31-29(35)30-22-13-11-21(5)12-14-22/h11-17,19-20,23,27H,6-10,18H2,1-5H3,(H,33,34)(H2,30,31,35). The number of carbonyl (C=O) groups is 2. The lowest BCUT2D eigenvalue weighted by Gasteiger charge is -2.38. The van der Waals surface area contributed by atoms with E-state index in [2.05, 4.69) is 29.4 Å². The van der Waals surface area contributed by atoms with Crippen LogP contribution < -0.4 is 20.3 Å². The molecular weight excluding hydrogens is 454 g/mol. The number of urea groups is 1. The Morgan fingerprint density at radius 2 is 1.67 bits per heavy atom. The smallest absolute Gasteiger partial charge is 0.345 e. The number of nitrogens with zero attached hydrogens (tertiary/aromatic N) is 1. The Morgan fingerprint density at radius 1 is 1.00 bits per heavy atom. The lowest BCUT2D eigenvalue weighted by Crippen LogP contribution is -2.40. The molecule has 2 amide bonds. The number of hydrogen-bond acceptors (Lipinski definition) is 4. The highest BCUT2D eigenvalue weighted by molar-refractivity contribution is 6.02. The summed E-state index contributed by atoms with van der Waals surface area (Å²) in [5.41, 5.74) is 3.35. The molecule has 3 rings (SSSR count). The SMILES string of the molecule is Cc1ccc(NC(=O)Nc2cc(OC(C(=O)O)C(C)C)ccc2N(CC(C)C)C2CCCCC2)cc1. The number of rotatable bonds is 10. The van der Waals surface area contributed by atoms with Crippen LogP contribution >= 0.6 is 0 Å². The highest BCUT2D eigenvalue weighted by Crippen LogP contribution is 2.36. The Kier molecular flexibility index (Phi) is 9.62. The normalized spacial score (nSPS) is 15.0. The first-order valence-corrected chi connectivity index (χ1v) is 13.1. The molecular formula is C29H41N3O4. The van der Waals surface area contributed by atoms with Crippen LogP contribution in [0.5, 0.6) is 5.75 Å². The maximum absolute atomic E-state index is 13.0.